The Kier molecular flexibility index (Phi) is 6.05. The molecular formula is C14H20O3S. The summed E-state index contributed by atoms with van der Waals surface area (Å²) in [6, 6.07) is 5.38. The zero-order valence-electron chi connectivity index (χ0n) is 11.4. The zero-order chi connectivity index (χ0) is 13.5. The zero-order valence-corrected chi connectivity index (χ0v) is 12.2. The molecule has 3 nitrogen and oxygen atoms in total. The number of carbonyl (C=O) groups excluding carboxylic acids is 1. The Bertz CT molecular complexity index is 380. The van der Waals surface area contributed by atoms with Gasteiger partial charge >= 0.3 is 0 Å². The average Bonchev–Trinajstić information content (AvgIpc) is 2.36. The van der Waals surface area contributed by atoms with E-state index in [4.69, 9.17) is 9.47 Å². The minimum atomic E-state index is 0.0509. The van der Waals surface area contributed by atoms with Crippen LogP contribution in [0.15, 0.2) is 18.2 Å². The number of methoxy groups -OCH3 is 2. The van der Waals surface area contributed by atoms with Gasteiger partial charge in [0.05, 0.1) is 20.0 Å². The van der Waals surface area contributed by atoms with Gasteiger partial charge < -0.3 is 9.47 Å². The Morgan fingerprint density at radius 2 is 1.78 bits per heavy atom. The van der Waals surface area contributed by atoms with Gasteiger partial charge in [-0.05, 0) is 23.8 Å². The van der Waals surface area contributed by atoms with E-state index in [9.17, 15) is 4.79 Å². The van der Waals surface area contributed by atoms with Gasteiger partial charge in [-0.25, -0.2) is 0 Å². The van der Waals surface area contributed by atoms with Gasteiger partial charge in [0, 0.05) is 0 Å². The quantitative estimate of drug-likeness (QED) is 0.711. The summed E-state index contributed by atoms with van der Waals surface area (Å²) in [6.45, 7) is 4.28. The number of ketones is 1. The summed E-state index contributed by atoms with van der Waals surface area (Å²) < 4.78 is 10.5. The second-order valence-corrected chi connectivity index (χ2v) is 5.40. The van der Waals surface area contributed by atoms with E-state index in [2.05, 4.69) is 13.8 Å². The Morgan fingerprint density at radius 3 is 2.22 bits per heavy atom. The number of benzene rings is 1. The first-order valence-corrected chi connectivity index (χ1v) is 7.07. The summed E-state index contributed by atoms with van der Waals surface area (Å²) in [7, 11) is 3.12. The minimum absolute atomic E-state index is 0.0509. The second-order valence-electron chi connectivity index (χ2n) is 4.37. The van der Waals surface area contributed by atoms with E-state index in [-0.39, 0.29) is 5.78 Å². The molecule has 1 aromatic carbocycles. The monoisotopic (exact) mass is 268 g/mol. The van der Waals surface area contributed by atoms with E-state index < -0.39 is 0 Å². The molecule has 0 amide bonds. The Hall–Kier alpha value is -1.16. The average molecular weight is 268 g/mol. The molecule has 0 bridgehead atoms. The molecule has 0 radical (unpaired) electrons. The largest absolute Gasteiger partial charge is 0.496 e. The topological polar surface area (TPSA) is 35.5 Å². The van der Waals surface area contributed by atoms with Crippen LogP contribution in [-0.4, -0.2) is 31.5 Å². The lowest BCUT2D eigenvalue weighted by Gasteiger charge is -2.12. The van der Waals surface area contributed by atoms with Crippen LogP contribution in [0.5, 0.6) is 11.5 Å². The van der Waals surface area contributed by atoms with E-state index in [1.54, 1.807) is 38.1 Å². The van der Waals surface area contributed by atoms with Gasteiger partial charge in [-0.3, -0.25) is 4.79 Å². The Balaban J connectivity index is 2.83. The standard InChI is InChI=1S/C14H20O3S/c1-10(2)8-18-9-11(15)14-12(16-3)6-5-7-13(14)17-4/h5-7,10H,8-9H2,1-4H3. The lowest BCUT2D eigenvalue weighted by atomic mass is 10.1. The van der Waals surface area contributed by atoms with Crippen molar-refractivity contribution in [3.8, 4) is 11.5 Å². The molecule has 0 aliphatic carbocycles. The van der Waals surface area contributed by atoms with Gasteiger partial charge in [-0.1, -0.05) is 19.9 Å². The summed E-state index contributed by atoms with van der Waals surface area (Å²) in [4.78, 5) is 12.2. The molecule has 0 aromatic heterocycles. The van der Waals surface area contributed by atoms with Gasteiger partial charge in [0.2, 0.25) is 0 Å². The highest BCUT2D eigenvalue weighted by atomic mass is 32.2. The first-order valence-electron chi connectivity index (χ1n) is 5.92. The molecule has 0 N–H and O–H groups in total. The molecule has 0 saturated carbocycles. The van der Waals surface area contributed by atoms with E-state index >= 15 is 0 Å². The van der Waals surface area contributed by atoms with Crippen LogP contribution in [0.25, 0.3) is 0 Å². The number of thioether (sulfide) groups is 1. The van der Waals surface area contributed by atoms with Crippen LogP contribution in [0.4, 0.5) is 0 Å². The normalized spacial score (nSPS) is 10.5. The van der Waals surface area contributed by atoms with Crippen molar-refractivity contribution < 1.29 is 14.3 Å². The van der Waals surface area contributed by atoms with Crippen molar-refractivity contribution >= 4 is 17.5 Å². The summed E-state index contributed by atoms with van der Waals surface area (Å²) >= 11 is 1.64. The summed E-state index contributed by atoms with van der Waals surface area (Å²) in [6.07, 6.45) is 0. The lowest BCUT2D eigenvalue weighted by molar-refractivity contribution is 0.101. The van der Waals surface area contributed by atoms with Crippen LogP contribution in [0.2, 0.25) is 0 Å². The van der Waals surface area contributed by atoms with Crippen molar-refractivity contribution in [1.29, 1.82) is 0 Å². The smallest absolute Gasteiger partial charge is 0.180 e. The van der Waals surface area contributed by atoms with Crippen molar-refractivity contribution in [2.75, 3.05) is 25.7 Å². The number of carbonyl (C=O) groups is 1. The number of Topliss-reactive ketones (excluding diaryl/α,β-unsaturated/α-hetero) is 1. The van der Waals surface area contributed by atoms with E-state index in [0.717, 1.165) is 5.75 Å². The predicted molar refractivity (Wildman–Crippen MR) is 76.0 cm³/mol. The van der Waals surface area contributed by atoms with Crippen molar-refractivity contribution in [1.82, 2.24) is 0 Å². The molecule has 0 spiro atoms. The van der Waals surface area contributed by atoms with Gasteiger partial charge in [-0.15, -0.1) is 0 Å². The van der Waals surface area contributed by atoms with E-state index in [1.807, 2.05) is 6.07 Å². The van der Waals surface area contributed by atoms with Crippen molar-refractivity contribution in [3.05, 3.63) is 23.8 Å². The molecule has 100 valence electrons. The number of hydrogen-bond acceptors (Lipinski definition) is 4. The maximum absolute atomic E-state index is 12.2. The summed E-state index contributed by atoms with van der Waals surface area (Å²) in [5, 5.41) is 0. The molecule has 4 heteroatoms. The number of ether oxygens (including phenoxy) is 2. The first kappa shape index (κ1) is 14.9. The van der Waals surface area contributed by atoms with Crippen LogP contribution in [-0.2, 0) is 0 Å². The maximum atomic E-state index is 12.2. The van der Waals surface area contributed by atoms with Crippen LogP contribution in [0.1, 0.15) is 24.2 Å². The van der Waals surface area contributed by atoms with Crippen molar-refractivity contribution in [2.45, 2.75) is 13.8 Å². The molecule has 0 saturated heterocycles. The van der Waals surface area contributed by atoms with Gasteiger partial charge in [0.15, 0.2) is 5.78 Å². The molecule has 0 unspecified atom stereocenters. The lowest BCUT2D eigenvalue weighted by Crippen LogP contribution is -2.08. The fourth-order valence-electron chi connectivity index (χ4n) is 1.59. The SMILES string of the molecule is COc1cccc(OC)c1C(=O)CSCC(C)C. The summed E-state index contributed by atoms with van der Waals surface area (Å²) in [5.41, 5.74) is 0.541. The van der Waals surface area contributed by atoms with Gasteiger partial charge in [0.1, 0.15) is 17.1 Å². The minimum Gasteiger partial charge on any atom is -0.496 e. The number of rotatable bonds is 7. The molecule has 18 heavy (non-hydrogen) atoms. The molecule has 0 aliphatic heterocycles. The third-order valence-electron chi connectivity index (χ3n) is 2.39. The first-order chi connectivity index (χ1) is 8.60. The highest BCUT2D eigenvalue weighted by Crippen LogP contribution is 2.29. The molecule has 1 rings (SSSR count). The third-order valence-corrected chi connectivity index (χ3v) is 3.76. The molecule has 1 aromatic rings. The molecule has 0 heterocycles. The molecule has 0 aliphatic rings. The Labute approximate surface area is 113 Å². The maximum Gasteiger partial charge on any atom is 0.180 e. The van der Waals surface area contributed by atoms with Crippen LogP contribution in [0, 0.1) is 5.92 Å². The van der Waals surface area contributed by atoms with Gasteiger partial charge in [0.25, 0.3) is 0 Å². The predicted octanol–water partition coefficient (Wildman–Crippen LogP) is 3.28. The van der Waals surface area contributed by atoms with Crippen LogP contribution >= 0.6 is 11.8 Å². The fourth-order valence-corrected chi connectivity index (χ4v) is 2.50. The third kappa shape index (κ3) is 3.95. The van der Waals surface area contributed by atoms with Crippen LogP contribution < -0.4 is 9.47 Å². The second kappa shape index (κ2) is 7.31. The fraction of sp³-hybridized carbons (Fsp3) is 0.500. The highest BCUT2D eigenvalue weighted by Gasteiger charge is 2.17. The molecule has 0 fully saturated rings. The highest BCUT2D eigenvalue weighted by molar-refractivity contribution is 7.99. The van der Waals surface area contributed by atoms with E-state index in [0.29, 0.717) is 28.7 Å². The van der Waals surface area contributed by atoms with Gasteiger partial charge in [-0.2, -0.15) is 11.8 Å². The number of hydrogen-bond donors (Lipinski definition) is 0. The molecule has 0 atom stereocenters. The Morgan fingerprint density at radius 1 is 1.22 bits per heavy atom. The van der Waals surface area contributed by atoms with Crippen LogP contribution in [0.3, 0.4) is 0 Å². The summed E-state index contributed by atoms with van der Waals surface area (Å²) in [5.74, 6) is 3.21. The van der Waals surface area contributed by atoms with Crippen molar-refractivity contribution in [3.63, 3.8) is 0 Å². The van der Waals surface area contributed by atoms with E-state index in [1.165, 1.54) is 0 Å². The van der Waals surface area contributed by atoms with Crippen molar-refractivity contribution in [2.24, 2.45) is 5.92 Å². The molecular weight excluding hydrogens is 248 g/mol.